The van der Waals surface area contributed by atoms with Gasteiger partial charge in [-0.3, -0.25) is 9.69 Å². The molecular formula is C22H32N4O3. The van der Waals surface area contributed by atoms with Crippen LogP contribution in [0.2, 0.25) is 0 Å². The van der Waals surface area contributed by atoms with Gasteiger partial charge in [0.25, 0.3) is 0 Å². The zero-order valence-corrected chi connectivity index (χ0v) is 17.3. The van der Waals surface area contributed by atoms with Crippen molar-refractivity contribution in [1.29, 1.82) is 0 Å². The van der Waals surface area contributed by atoms with Crippen molar-refractivity contribution < 1.29 is 14.3 Å². The van der Waals surface area contributed by atoms with E-state index >= 15 is 0 Å². The minimum Gasteiger partial charge on any atom is -0.383 e. The van der Waals surface area contributed by atoms with Crippen LogP contribution in [-0.4, -0.2) is 74.7 Å². The molecule has 1 aromatic rings. The fourth-order valence-corrected chi connectivity index (χ4v) is 5.55. The molecule has 3 amide bonds. The minimum atomic E-state index is -0.312. The summed E-state index contributed by atoms with van der Waals surface area (Å²) in [5.74, 6) is 0.208. The van der Waals surface area contributed by atoms with E-state index in [1.165, 1.54) is 0 Å². The maximum absolute atomic E-state index is 12.9. The summed E-state index contributed by atoms with van der Waals surface area (Å²) < 4.78 is 5.27. The third-order valence-electron chi connectivity index (χ3n) is 7.21. The van der Waals surface area contributed by atoms with Gasteiger partial charge in [0.1, 0.15) is 0 Å². The maximum Gasteiger partial charge on any atom is 0.317 e. The maximum atomic E-state index is 12.9. The molecule has 0 aliphatic carbocycles. The highest BCUT2D eigenvalue weighted by atomic mass is 16.5. The van der Waals surface area contributed by atoms with Crippen LogP contribution < -0.4 is 10.6 Å². The highest BCUT2D eigenvalue weighted by Gasteiger charge is 2.63. The number of carbonyl (C=O) groups excluding carboxylic acids is 2. The van der Waals surface area contributed by atoms with Gasteiger partial charge in [0.15, 0.2) is 0 Å². The highest BCUT2D eigenvalue weighted by molar-refractivity contribution is 5.86. The average Bonchev–Trinajstić information content (AvgIpc) is 3.27. The third-order valence-corrected chi connectivity index (χ3v) is 7.21. The monoisotopic (exact) mass is 400 g/mol. The number of hydrogen-bond donors (Lipinski definition) is 2. The van der Waals surface area contributed by atoms with Crippen molar-refractivity contribution in [1.82, 2.24) is 20.4 Å². The lowest BCUT2D eigenvalue weighted by Crippen LogP contribution is -2.54. The second-order valence-electron chi connectivity index (χ2n) is 8.70. The molecule has 1 aromatic carbocycles. The van der Waals surface area contributed by atoms with Crippen molar-refractivity contribution in [2.45, 2.75) is 25.8 Å². The van der Waals surface area contributed by atoms with Gasteiger partial charge in [-0.15, -0.1) is 0 Å². The minimum absolute atomic E-state index is 0.0112. The smallest absolute Gasteiger partial charge is 0.317 e. The normalized spacial score (nSPS) is 26.2. The Bertz CT molecular complexity index is 733. The number of urea groups is 1. The Hall–Kier alpha value is -2.12. The van der Waals surface area contributed by atoms with Crippen LogP contribution in [0.5, 0.6) is 0 Å². The van der Waals surface area contributed by atoms with Gasteiger partial charge in [-0.1, -0.05) is 30.3 Å². The van der Waals surface area contributed by atoms with Gasteiger partial charge >= 0.3 is 6.03 Å². The van der Waals surface area contributed by atoms with E-state index in [0.717, 1.165) is 51.0 Å². The molecule has 1 atom stereocenters. The van der Waals surface area contributed by atoms with Crippen molar-refractivity contribution in [3.8, 4) is 0 Å². The predicted octanol–water partition coefficient (Wildman–Crippen LogP) is 1.45. The molecule has 2 N–H and O–H groups in total. The Morgan fingerprint density at radius 1 is 1.17 bits per heavy atom. The Labute approximate surface area is 172 Å². The average molecular weight is 401 g/mol. The summed E-state index contributed by atoms with van der Waals surface area (Å²) in [7, 11) is 1.72. The number of nitrogens with one attached hydrogen (secondary N) is 2. The second kappa shape index (κ2) is 8.32. The number of carbonyl (C=O) groups is 2. The topological polar surface area (TPSA) is 73.9 Å². The fraction of sp³-hybridized carbons (Fsp3) is 0.636. The number of benzene rings is 1. The first-order valence-corrected chi connectivity index (χ1v) is 10.6. The summed E-state index contributed by atoms with van der Waals surface area (Å²) in [6.45, 7) is 5.97. The number of ether oxygens (including phenoxy) is 1. The van der Waals surface area contributed by atoms with E-state index < -0.39 is 0 Å². The number of fused-ring (bicyclic) bond motifs is 1. The molecule has 2 spiro atoms. The van der Waals surface area contributed by atoms with Crippen LogP contribution in [0.1, 0.15) is 24.8 Å². The first-order chi connectivity index (χ1) is 14.1. The molecule has 0 saturated carbocycles. The Balaban J connectivity index is 1.39. The molecule has 3 saturated heterocycles. The molecule has 3 aliphatic rings. The summed E-state index contributed by atoms with van der Waals surface area (Å²) in [6.07, 6.45) is 2.65. The number of rotatable bonds is 5. The Morgan fingerprint density at radius 3 is 2.59 bits per heavy atom. The first kappa shape index (κ1) is 20.2. The van der Waals surface area contributed by atoms with E-state index in [1.54, 1.807) is 7.11 Å². The zero-order chi connectivity index (χ0) is 20.3. The number of hydrogen-bond acceptors (Lipinski definition) is 4. The molecule has 158 valence electrons. The SMILES string of the molecule is COCCN1CC2(CCN(C(=O)NCc3ccccc3)CC2)C2(CCNC2=O)C1. The summed E-state index contributed by atoms with van der Waals surface area (Å²) in [5.41, 5.74) is 0.741. The molecule has 0 radical (unpaired) electrons. The van der Waals surface area contributed by atoms with E-state index in [-0.39, 0.29) is 22.8 Å². The van der Waals surface area contributed by atoms with Gasteiger partial charge in [0.05, 0.1) is 12.0 Å². The number of likely N-dealkylation sites (tertiary alicyclic amines) is 2. The van der Waals surface area contributed by atoms with Crippen LogP contribution in [0.4, 0.5) is 4.79 Å². The van der Waals surface area contributed by atoms with Gasteiger partial charge in [-0.2, -0.15) is 0 Å². The summed E-state index contributed by atoms with van der Waals surface area (Å²) in [4.78, 5) is 29.9. The molecule has 1 unspecified atom stereocenters. The second-order valence-corrected chi connectivity index (χ2v) is 8.70. The van der Waals surface area contributed by atoms with Crippen LogP contribution in [-0.2, 0) is 16.1 Å². The lowest BCUT2D eigenvalue weighted by Gasteiger charge is -2.46. The number of nitrogens with zero attached hydrogens (tertiary/aromatic N) is 2. The third kappa shape index (κ3) is 3.73. The lowest BCUT2D eigenvalue weighted by atomic mass is 9.60. The standard InChI is InChI=1S/C22H32N4O3/c1-29-14-13-25-16-21(22(17-25)7-10-23-19(22)27)8-11-26(12-9-21)20(28)24-15-18-5-3-2-4-6-18/h2-6H,7-17H2,1H3,(H,23,27)(H,24,28). The van der Waals surface area contributed by atoms with Crippen molar-refractivity contribution in [3.05, 3.63) is 35.9 Å². The summed E-state index contributed by atoms with van der Waals surface area (Å²) >= 11 is 0. The molecule has 3 aliphatic heterocycles. The molecule has 0 aromatic heterocycles. The Morgan fingerprint density at radius 2 is 1.93 bits per heavy atom. The van der Waals surface area contributed by atoms with Crippen LogP contribution in [0.3, 0.4) is 0 Å². The molecule has 3 fully saturated rings. The molecule has 7 heteroatoms. The molecular weight excluding hydrogens is 368 g/mol. The molecule has 7 nitrogen and oxygen atoms in total. The lowest BCUT2D eigenvalue weighted by molar-refractivity contribution is -0.133. The largest absolute Gasteiger partial charge is 0.383 e. The highest BCUT2D eigenvalue weighted by Crippen LogP contribution is 2.56. The van der Waals surface area contributed by atoms with Gasteiger partial charge in [-0.05, 0) is 24.8 Å². The predicted molar refractivity (Wildman–Crippen MR) is 110 cm³/mol. The fourth-order valence-electron chi connectivity index (χ4n) is 5.55. The van der Waals surface area contributed by atoms with Crippen molar-refractivity contribution in [3.63, 3.8) is 0 Å². The van der Waals surface area contributed by atoms with Crippen LogP contribution in [0, 0.1) is 10.8 Å². The van der Waals surface area contributed by atoms with E-state index in [4.69, 9.17) is 4.74 Å². The molecule has 4 rings (SSSR count). The summed E-state index contributed by atoms with van der Waals surface area (Å²) in [6, 6.07) is 9.95. The van der Waals surface area contributed by atoms with Gasteiger partial charge in [0.2, 0.25) is 5.91 Å². The van der Waals surface area contributed by atoms with Crippen molar-refractivity contribution in [2.24, 2.45) is 10.8 Å². The Kier molecular flexibility index (Phi) is 5.79. The van der Waals surface area contributed by atoms with Crippen molar-refractivity contribution >= 4 is 11.9 Å². The van der Waals surface area contributed by atoms with E-state index in [0.29, 0.717) is 26.2 Å². The van der Waals surface area contributed by atoms with Gasteiger partial charge in [0, 0.05) is 58.3 Å². The van der Waals surface area contributed by atoms with Crippen LogP contribution in [0.15, 0.2) is 30.3 Å². The molecule has 3 heterocycles. The van der Waals surface area contributed by atoms with Gasteiger partial charge in [-0.25, -0.2) is 4.79 Å². The number of amides is 3. The first-order valence-electron chi connectivity index (χ1n) is 10.6. The summed E-state index contributed by atoms with van der Waals surface area (Å²) in [5, 5.41) is 6.12. The van der Waals surface area contributed by atoms with E-state index in [9.17, 15) is 9.59 Å². The van der Waals surface area contributed by atoms with E-state index in [1.807, 2.05) is 35.2 Å². The van der Waals surface area contributed by atoms with Gasteiger partial charge < -0.3 is 20.3 Å². The quantitative estimate of drug-likeness (QED) is 0.785. The zero-order valence-electron chi connectivity index (χ0n) is 17.3. The van der Waals surface area contributed by atoms with E-state index in [2.05, 4.69) is 15.5 Å². The van der Waals surface area contributed by atoms with Crippen molar-refractivity contribution in [2.75, 3.05) is 53.0 Å². The van der Waals surface area contributed by atoms with Crippen LogP contribution in [0.25, 0.3) is 0 Å². The molecule has 0 bridgehead atoms. The molecule has 29 heavy (non-hydrogen) atoms. The van der Waals surface area contributed by atoms with Crippen LogP contribution >= 0.6 is 0 Å². The number of methoxy groups -OCH3 is 1. The number of piperidine rings is 1.